The van der Waals surface area contributed by atoms with Crippen molar-refractivity contribution in [1.82, 2.24) is 14.5 Å². The Balaban J connectivity index is 1.60. The van der Waals surface area contributed by atoms with E-state index in [1.807, 2.05) is 37.8 Å². The Kier molecular flexibility index (Phi) is 6.32. The van der Waals surface area contributed by atoms with Gasteiger partial charge in [0.05, 0.1) is 17.5 Å². The van der Waals surface area contributed by atoms with Crippen LogP contribution < -0.4 is 5.32 Å². The van der Waals surface area contributed by atoms with E-state index in [0.29, 0.717) is 43.9 Å². The maximum atomic E-state index is 13.2. The molecule has 158 valence electrons. The summed E-state index contributed by atoms with van der Waals surface area (Å²) in [5.74, 6) is -0.157. The number of rotatable bonds is 5. The summed E-state index contributed by atoms with van der Waals surface area (Å²) in [7, 11) is -3.56. The molecule has 1 saturated carbocycles. The molecule has 1 aliphatic heterocycles. The molecule has 1 saturated heterocycles. The first-order valence-electron chi connectivity index (χ1n) is 10.2. The Hall–Kier alpha value is -1.95. The molecule has 0 radical (unpaired) electrons. The van der Waals surface area contributed by atoms with Crippen LogP contribution in [0.4, 0.5) is 0 Å². The number of sulfonamides is 1. The molecule has 1 amide bonds. The number of carbonyl (C=O) groups excluding carboxylic acids is 1. The highest BCUT2D eigenvalue weighted by molar-refractivity contribution is 7.89. The van der Waals surface area contributed by atoms with Crippen molar-refractivity contribution in [2.24, 2.45) is 0 Å². The summed E-state index contributed by atoms with van der Waals surface area (Å²) in [6.07, 6.45) is 3.33. The third-order valence-corrected chi connectivity index (χ3v) is 8.16. The van der Waals surface area contributed by atoms with Gasteiger partial charge in [0.25, 0.3) is 0 Å². The molecule has 0 atom stereocenters. The zero-order valence-corrected chi connectivity index (χ0v) is 18.3. The van der Waals surface area contributed by atoms with Gasteiger partial charge in [-0.1, -0.05) is 17.7 Å². The van der Waals surface area contributed by atoms with E-state index >= 15 is 0 Å². The van der Waals surface area contributed by atoms with Crippen molar-refractivity contribution in [3.63, 3.8) is 0 Å². The number of hydrogen-bond donors (Lipinski definition) is 1. The molecule has 2 fully saturated rings. The summed E-state index contributed by atoms with van der Waals surface area (Å²) in [5, 5.41) is 12.3. The third-order valence-electron chi connectivity index (χ3n) is 5.95. The average Bonchev–Trinajstić information content (AvgIpc) is 3.10. The number of nitrogens with zero attached hydrogens (tertiary/aromatic N) is 3. The molecule has 3 rings (SSSR count). The fourth-order valence-electron chi connectivity index (χ4n) is 4.58. The zero-order chi connectivity index (χ0) is 21.2. The van der Waals surface area contributed by atoms with E-state index in [0.717, 1.165) is 29.5 Å². The summed E-state index contributed by atoms with van der Waals surface area (Å²) in [6.45, 7) is 7.52. The highest BCUT2D eigenvalue weighted by Crippen LogP contribution is 2.29. The number of carbonyl (C=O) groups is 1. The smallest absolute Gasteiger partial charge is 0.243 e. The van der Waals surface area contributed by atoms with Crippen LogP contribution in [0.5, 0.6) is 0 Å². The van der Waals surface area contributed by atoms with Crippen LogP contribution in [0, 0.1) is 32.1 Å². The first-order valence-corrected chi connectivity index (χ1v) is 11.6. The van der Waals surface area contributed by atoms with E-state index in [1.54, 1.807) is 0 Å². The molecule has 1 heterocycles. The molecule has 8 heteroatoms. The number of nitriles is 1. The minimum Gasteiger partial charge on any atom is -0.337 e. The molecule has 29 heavy (non-hydrogen) atoms. The second-order valence-electron chi connectivity index (χ2n) is 8.36. The molecule has 1 aliphatic carbocycles. The first kappa shape index (κ1) is 21.8. The van der Waals surface area contributed by atoms with Crippen molar-refractivity contribution in [1.29, 1.82) is 5.26 Å². The highest BCUT2D eigenvalue weighted by Gasteiger charge is 2.36. The normalized spacial score (nSPS) is 20.3. The molecule has 2 aliphatic rings. The zero-order valence-electron chi connectivity index (χ0n) is 17.5. The fourth-order valence-corrected chi connectivity index (χ4v) is 6.42. The Morgan fingerprint density at radius 1 is 1.10 bits per heavy atom. The Bertz CT molecular complexity index is 899. The van der Waals surface area contributed by atoms with E-state index in [1.165, 1.54) is 4.31 Å². The first-order chi connectivity index (χ1) is 13.7. The molecule has 1 N–H and O–H groups in total. The van der Waals surface area contributed by atoms with Gasteiger partial charge in [-0.25, -0.2) is 8.42 Å². The van der Waals surface area contributed by atoms with Crippen molar-refractivity contribution < 1.29 is 13.2 Å². The lowest BCUT2D eigenvalue weighted by Gasteiger charge is -2.34. The fraction of sp³-hybridized carbons (Fsp3) is 0.619. The van der Waals surface area contributed by atoms with Crippen molar-refractivity contribution in [3.8, 4) is 6.07 Å². The van der Waals surface area contributed by atoms with Crippen LogP contribution in [0.25, 0.3) is 0 Å². The van der Waals surface area contributed by atoms with Crippen LogP contribution >= 0.6 is 0 Å². The van der Waals surface area contributed by atoms with E-state index in [4.69, 9.17) is 0 Å². The number of hydrogen-bond acceptors (Lipinski definition) is 5. The monoisotopic (exact) mass is 418 g/mol. The van der Waals surface area contributed by atoms with Crippen LogP contribution in [0.15, 0.2) is 17.0 Å². The average molecular weight is 419 g/mol. The second kappa shape index (κ2) is 8.42. The van der Waals surface area contributed by atoms with Crippen molar-refractivity contribution in [2.75, 3.05) is 32.7 Å². The summed E-state index contributed by atoms with van der Waals surface area (Å²) in [5.41, 5.74) is 1.86. The molecule has 0 bridgehead atoms. The molecule has 1 aromatic carbocycles. The van der Waals surface area contributed by atoms with Gasteiger partial charge in [-0.3, -0.25) is 9.69 Å². The van der Waals surface area contributed by atoms with Crippen LogP contribution in [-0.4, -0.2) is 61.8 Å². The predicted molar refractivity (Wildman–Crippen MR) is 111 cm³/mol. The van der Waals surface area contributed by atoms with E-state index in [2.05, 4.69) is 11.4 Å². The minimum atomic E-state index is -3.56. The van der Waals surface area contributed by atoms with Crippen LogP contribution in [-0.2, 0) is 14.8 Å². The summed E-state index contributed by atoms with van der Waals surface area (Å²) in [6, 6.07) is 6.06. The Labute approximate surface area is 173 Å². The summed E-state index contributed by atoms with van der Waals surface area (Å²) < 4.78 is 27.9. The Morgan fingerprint density at radius 2 is 1.66 bits per heavy atom. The van der Waals surface area contributed by atoms with Gasteiger partial charge >= 0.3 is 0 Å². The van der Waals surface area contributed by atoms with Gasteiger partial charge in [0.2, 0.25) is 15.9 Å². The van der Waals surface area contributed by atoms with Gasteiger partial charge in [-0.05, 0) is 57.6 Å². The lowest BCUT2D eigenvalue weighted by atomic mass is 10.00. The third kappa shape index (κ3) is 4.63. The van der Waals surface area contributed by atoms with Crippen molar-refractivity contribution in [2.45, 2.75) is 56.9 Å². The molecule has 1 aromatic rings. The predicted octanol–water partition coefficient (Wildman–Crippen LogP) is 1.87. The highest BCUT2D eigenvalue weighted by atomic mass is 32.2. The molecule has 0 spiro atoms. The SMILES string of the molecule is Cc1cc(C)c(S(=O)(=O)N2CCN(CC(=O)NC3(C#N)CCCC3)CC2)c(C)c1. The molecule has 0 unspecified atom stereocenters. The van der Waals surface area contributed by atoms with Gasteiger partial charge < -0.3 is 5.32 Å². The number of nitrogens with one attached hydrogen (secondary N) is 1. The Morgan fingerprint density at radius 3 is 2.17 bits per heavy atom. The van der Waals surface area contributed by atoms with Crippen LogP contribution in [0.1, 0.15) is 42.4 Å². The second-order valence-corrected chi connectivity index (χ2v) is 10.2. The van der Waals surface area contributed by atoms with E-state index in [9.17, 15) is 18.5 Å². The van der Waals surface area contributed by atoms with Gasteiger partial charge in [-0.15, -0.1) is 0 Å². The molecular weight excluding hydrogens is 388 g/mol. The maximum Gasteiger partial charge on any atom is 0.243 e. The summed E-state index contributed by atoms with van der Waals surface area (Å²) in [4.78, 5) is 14.8. The van der Waals surface area contributed by atoms with Gasteiger partial charge in [-0.2, -0.15) is 9.57 Å². The maximum absolute atomic E-state index is 13.2. The number of piperazine rings is 1. The number of benzene rings is 1. The molecule has 7 nitrogen and oxygen atoms in total. The quantitative estimate of drug-likeness (QED) is 0.788. The largest absolute Gasteiger partial charge is 0.337 e. The lowest BCUT2D eigenvalue weighted by Crippen LogP contribution is -2.53. The van der Waals surface area contributed by atoms with E-state index in [-0.39, 0.29) is 12.5 Å². The standard InChI is InChI=1S/C21H30N4O3S/c1-16-12-17(2)20(18(3)13-16)29(27,28)25-10-8-24(9-11-25)14-19(26)23-21(15-22)6-4-5-7-21/h12-13H,4-11,14H2,1-3H3,(H,23,26). The van der Waals surface area contributed by atoms with Gasteiger partial charge in [0, 0.05) is 26.2 Å². The van der Waals surface area contributed by atoms with Crippen LogP contribution in [0.2, 0.25) is 0 Å². The van der Waals surface area contributed by atoms with Crippen molar-refractivity contribution >= 4 is 15.9 Å². The number of aryl methyl sites for hydroxylation is 3. The minimum absolute atomic E-state index is 0.157. The van der Waals surface area contributed by atoms with Gasteiger partial charge in [0.1, 0.15) is 5.54 Å². The molecular formula is C21H30N4O3S. The lowest BCUT2D eigenvalue weighted by molar-refractivity contribution is -0.123. The summed E-state index contributed by atoms with van der Waals surface area (Å²) >= 11 is 0. The number of amides is 1. The van der Waals surface area contributed by atoms with E-state index < -0.39 is 15.6 Å². The van der Waals surface area contributed by atoms with Gasteiger partial charge in [0.15, 0.2) is 0 Å². The topological polar surface area (TPSA) is 93.5 Å². The molecule has 0 aromatic heterocycles. The van der Waals surface area contributed by atoms with Crippen molar-refractivity contribution in [3.05, 3.63) is 28.8 Å². The van der Waals surface area contributed by atoms with Crippen LogP contribution in [0.3, 0.4) is 0 Å².